The maximum Gasteiger partial charge on any atom is -0.0172 e. The van der Waals surface area contributed by atoms with Crippen molar-refractivity contribution in [2.75, 3.05) is 0 Å². The lowest BCUT2D eigenvalue weighted by Crippen LogP contribution is -1.97. The van der Waals surface area contributed by atoms with Crippen LogP contribution in [0.25, 0.3) is 0 Å². The van der Waals surface area contributed by atoms with E-state index < -0.39 is 0 Å². The third kappa shape index (κ3) is 7.48. The van der Waals surface area contributed by atoms with Gasteiger partial charge in [0.1, 0.15) is 0 Å². The summed E-state index contributed by atoms with van der Waals surface area (Å²) < 4.78 is 0. The zero-order valence-corrected chi connectivity index (χ0v) is 6.65. The monoisotopic (exact) mass is 124 g/mol. The van der Waals surface area contributed by atoms with Gasteiger partial charge in [-0.05, 0) is 11.8 Å². The molecule has 0 rings (SSSR count). The third-order valence-electron chi connectivity index (χ3n) is 0.921. The Kier molecular flexibility index (Phi) is 3.29. The fraction of sp³-hybridized carbons (Fsp3) is 0.556. The fourth-order valence-corrected chi connectivity index (χ4v) is 0.518. The molecule has 0 unspecified atom stereocenters. The molecule has 0 aromatic heterocycles. The predicted molar refractivity (Wildman–Crippen MR) is 43.4 cm³/mol. The highest BCUT2D eigenvalue weighted by Gasteiger charge is 2.01. The molecule has 0 saturated heterocycles. The van der Waals surface area contributed by atoms with Crippen LogP contribution in [0.4, 0.5) is 0 Å². The molecule has 0 nitrogen and oxygen atoms in total. The molecule has 0 heteroatoms. The second-order valence-corrected chi connectivity index (χ2v) is 3.29. The minimum Gasteiger partial charge on any atom is -0.103 e. The first kappa shape index (κ1) is 8.48. The Morgan fingerprint density at radius 1 is 1.33 bits per heavy atom. The Balaban J connectivity index is 3.57. The summed E-state index contributed by atoms with van der Waals surface area (Å²) in [5.74, 6) is 0. The summed E-state index contributed by atoms with van der Waals surface area (Å²) >= 11 is 0. The van der Waals surface area contributed by atoms with Crippen LogP contribution in [0.1, 0.15) is 27.2 Å². The van der Waals surface area contributed by atoms with Gasteiger partial charge >= 0.3 is 0 Å². The Labute approximate surface area is 58.3 Å². The summed E-state index contributed by atoms with van der Waals surface area (Å²) in [6.07, 6.45) is 7.24. The molecule has 0 amide bonds. The summed E-state index contributed by atoms with van der Waals surface area (Å²) in [5, 5.41) is 0. The van der Waals surface area contributed by atoms with Crippen LogP contribution in [0.2, 0.25) is 0 Å². The van der Waals surface area contributed by atoms with E-state index >= 15 is 0 Å². The highest BCUT2D eigenvalue weighted by Crippen LogP contribution is 2.14. The molecule has 0 radical (unpaired) electrons. The van der Waals surface area contributed by atoms with Gasteiger partial charge in [-0.25, -0.2) is 0 Å². The van der Waals surface area contributed by atoms with Crippen molar-refractivity contribution in [2.24, 2.45) is 5.41 Å². The number of hydrogen-bond acceptors (Lipinski definition) is 0. The topological polar surface area (TPSA) is 0 Å². The summed E-state index contributed by atoms with van der Waals surface area (Å²) in [6.45, 7) is 10.2. The molecule has 0 spiro atoms. The van der Waals surface area contributed by atoms with Crippen LogP contribution in [0.15, 0.2) is 24.8 Å². The van der Waals surface area contributed by atoms with Crippen molar-refractivity contribution in [1.82, 2.24) is 0 Å². The lowest BCUT2D eigenvalue weighted by atomic mass is 9.96. The zero-order valence-electron chi connectivity index (χ0n) is 6.65. The molecular formula is C9H16. The van der Waals surface area contributed by atoms with Gasteiger partial charge in [-0.3, -0.25) is 0 Å². The molecule has 9 heavy (non-hydrogen) atoms. The normalized spacial score (nSPS) is 12.3. The molecule has 0 aromatic rings. The molecule has 0 aliphatic carbocycles. The molecular weight excluding hydrogens is 108 g/mol. The molecule has 0 aliphatic heterocycles. The maximum atomic E-state index is 3.63. The first-order chi connectivity index (χ1) is 4.06. The largest absolute Gasteiger partial charge is 0.103 e. The summed E-state index contributed by atoms with van der Waals surface area (Å²) in [7, 11) is 0. The Morgan fingerprint density at radius 3 is 2.22 bits per heavy atom. The van der Waals surface area contributed by atoms with Crippen molar-refractivity contribution in [2.45, 2.75) is 27.2 Å². The first-order valence-electron chi connectivity index (χ1n) is 3.35. The van der Waals surface area contributed by atoms with Crippen LogP contribution in [0.3, 0.4) is 0 Å². The Hall–Kier alpha value is -0.520. The molecule has 52 valence electrons. The molecule has 0 aliphatic rings. The fourth-order valence-electron chi connectivity index (χ4n) is 0.518. The van der Waals surface area contributed by atoms with E-state index in [1.54, 1.807) is 0 Å². The van der Waals surface area contributed by atoms with Gasteiger partial charge in [0, 0.05) is 0 Å². The van der Waals surface area contributed by atoms with Crippen molar-refractivity contribution >= 4 is 0 Å². The van der Waals surface area contributed by atoms with Crippen LogP contribution in [0.5, 0.6) is 0 Å². The van der Waals surface area contributed by atoms with Crippen LogP contribution >= 0.6 is 0 Å². The molecule has 0 aromatic carbocycles. The quantitative estimate of drug-likeness (QED) is 0.496. The molecule has 0 bridgehead atoms. The second kappa shape index (κ2) is 3.49. The lowest BCUT2D eigenvalue weighted by molar-refractivity contribution is 0.543. The first-order valence-corrected chi connectivity index (χ1v) is 3.35. The summed E-state index contributed by atoms with van der Waals surface area (Å²) in [6, 6.07) is 0. The average molecular weight is 124 g/mol. The van der Waals surface area contributed by atoms with Gasteiger partial charge in [-0.15, -0.1) is 6.58 Å². The van der Waals surface area contributed by atoms with Gasteiger partial charge in [0.2, 0.25) is 0 Å². The Bertz CT molecular complexity index is 102. The molecule has 0 saturated carbocycles. The molecule has 0 atom stereocenters. The van der Waals surface area contributed by atoms with E-state index in [1.807, 2.05) is 6.08 Å². The van der Waals surface area contributed by atoms with Crippen molar-refractivity contribution < 1.29 is 0 Å². The van der Waals surface area contributed by atoms with E-state index in [2.05, 4.69) is 39.5 Å². The molecule has 0 fully saturated rings. The van der Waals surface area contributed by atoms with Gasteiger partial charge in [-0.1, -0.05) is 39.0 Å². The van der Waals surface area contributed by atoms with E-state index in [1.165, 1.54) is 0 Å². The van der Waals surface area contributed by atoms with Crippen molar-refractivity contribution in [1.29, 1.82) is 0 Å². The minimum atomic E-state index is 0.322. The van der Waals surface area contributed by atoms with E-state index in [4.69, 9.17) is 0 Å². The SMILES string of the molecule is C=CC/C=C\C(C)(C)C. The molecule has 0 heterocycles. The number of rotatable bonds is 2. The molecule has 0 N–H and O–H groups in total. The number of hydrogen-bond donors (Lipinski definition) is 0. The second-order valence-electron chi connectivity index (χ2n) is 3.29. The minimum absolute atomic E-state index is 0.322. The van der Waals surface area contributed by atoms with Crippen molar-refractivity contribution in [3.63, 3.8) is 0 Å². The smallest absolute Gasteiger partial charge is 0.0172 e. The van der Waals surface area contributed by atoms with Gasteiger partial charge in [0.05, 0.1) is 0 Å². The van der Waals surface area contributed by atoms with Gasteiger partial charge < -0.3 is 0 Å². The average Bonchev–Trinajstić information content (AvgIpc) is 1.63. The van der Waals surface area contributed by atoms with Crippen LogP contribution in [-0.4, -0.2) is 0 Å². The Morgan fingerprint density at radius 2 is 1.89 bits per heavy atom. The van der Waals surface area contributed by atoms with Crippen LogP contribution < -0.4 is 0 Å². The zero-order chi connectivity index (χ0) is 7.33. The summed E-state index contributed by atoms with van der Waals surface area (Å²) in [4.78, 5) is 0. The van der Waals surface area contributed by atoms with E-state index in [0.717, 1.165) is 6.42 Å². The highest BCUT2D eigenvalue weighted by atomic mass is 14.1. The maximum absolute atomic E-state index is 3.63. The van der Waals surface area contributed by atoms with Crippen molar-refractivity contribution in [3.05, 3.63) is 24.8 Å². The lowest BCUT2D eigenvalue weighted by Gasteiger charge is -2.10. The van der Waals surface area contributed by atoms with Crippen LogP contribution in [-0.2, 0) is 0 Å². The van der Waals surface area contributed by atoms with Crippen molar-refractivity contribution in [3.8, 4) is 0 Å². The summed E-state index contributed by atoms with van der Waals surface area (Å²) in [5.41, 5.74) is 0.322. The standard InChI is InChI=1S/C9H16/c1-5-6-7-8-9(2,3)4/h5,7-8H,1,6H2,2-4H3/b8-7-. The highest BCUT2D eigenvalue weighted by molar-refractivity contribution is 4.95. The number of allylic oxidation sites excluding steroid dienone is 3. The van der Waals surface area contributed by atoms with Crippen LogP contribution in [0, 0.1) is 5.41 Å². The van der Waals surface area contributed by atoms with E-state index in [-0.39, 0.29) is 0 Å². The van der Waals surface area contributed by atoms with Gasteiger partial charge in [0.25, 0.3) is 0 Å². The van der Waals surface area contributed by atoms with Gasteiger partial charge in [-0.2, -0.15) is 0 Å². The van der Waals surface area contributed by atoms with Gasteiger partial charge in [0.15, 0.2) is 0 Å². The van der Waals surface area contributed by atoms with E-state index in [9.17, 15) is 0 Å². The predicted octanol–water partition coefficient (Wildman–Crippen LogP) is 3.16. The third-order valence-corrected chi connectivity index (χ3v) is 0.921. The van der Waals surface area contributed by atoms with E-state index in [0.29, 0.717) is 5.41 Å².